The molecule has 0 saturated carbocycles. The molecule has 8 nitrogen and oxygen atoms in total. The van der Waals surface area contributed by atoms with Gasteiger partial charge in [-0.1, -0.05) is 32.0 Å². The number of anilines is 1. The van der Waals surface area contributed by atoms with Gasteiger partial charge in [-0.15, -0.1) is 11.3 Å². The summed E-state index contributed by atoms with van der Waals surface area (Å²) in [6, 6.07) is 7.94. The third kappa shape index (κ3) is 5.42. The van der Waals surface area contributed by atoms with Crippen LogP contribution in [0.1, 0.15) is 47.1 Å². The molecule has 0 bridgehead atoms. The number of aromatic nitrogens is 1. The van der Waals surface area contributed by atoms with Crippen LogP contribution in [0.2, 0.25) is 0 Å². The fourth-order valence-corrected chi connectivity index (χ4v) is 4.23. The molecule has 0 atom stereocenters. The van der Waals surface area contributed by atoms with E-state index in [9.17, 15) is 19.2 Å². The van der Waals surface area contributed by atoms with E-state index in [4.69, 9.17) is 9.47 Å². The average molecular weight is 457 g/mol. The molecule has 0 aliphatic carbocycles. The molecule has 2 aromatic heterocycles. The van der Waals surface area contributed by atoms with Gasteiger partial charge in [0.1, 0.15) is 5.00 Å². The summed E-state index contributed by atoms with van der Waals surface area (Å²) in [4.78, 5) is 51.9. The topological polar surface area (TPSA) is 115 Å². The summed E-state index contributed by atoms with van der Waals surface area (Å²) in [7, 11) is 0. The standard InChI is InChI=1S/C23H24N2O6S/c1-4-30-23(29)20-14(9-13(2)3)12-32-21(20)25-19(27)11-31-22(28)16-10-18(26)24-17-8-6-5-7-15(16)17/h5-8,10,12-13H,4,9,11H2,1-3H3,(H,24,26)(H,25,27). The molecule has 0 unspecified atom stereocenters. The Morgan fingerprint density at radius 1 is 1.12 bits per heavy atom. The number of ether oxygens (including phenoxy) is 2. The minimum atomic E-state index is -0.792. The Hall–Kier alpha value is -3.46. The van der Waals surface area contributed by atoms with E-state index < -0.39 is 30.0 Å². The van der Waals surface area contributed by atoms with Gasteiger partial charge in [-0.2, -0.15) is 0 Å². The lowest BCUT2D eigenvalue weighted by Crippen LogP contribution is -2.22. The highest BCUT2D eigenvalue weighted by atomic mass is 32.1. The molecule has 0 spiro atoms. The van der Waals surface area contributed by atoms with Crippen LogP contribution in [0.15, 0.2) is 40.5 Å². The van der Waals surface area contributed by atoms with Crippen molar-refractivity contribution in [2.24, 2.45) is 5.92 Å². The molecule has 2 heterocycles. The fraction of sp³-hybridized carbons (Fsp3) is 0.304. The zero-order valence-corrected chi connectivity index (χ0v) is 18.8. The van der Waals surface area contributed by atoms with Crippen molar-refractivity contribution < 1.29 is 23.9 Å². The number of rotatable bonds is 8. The van der Waals surface area contributed by atoms with Gasteiger partial charge in [-0.3, -0.25) is 9.59 Å². The lowest BCUT2D eigenvalue weighted by molar-refractivity contribution is -0.119. The second-order valence-corrected chi connectivity index (χ2v) is 8.38. The molecule has 0 aliphatic heterocycles. The summed E-state index contributed by atoms with van der Waals surface area (Å²) >= 11 is 1.22. The first-order chi connectivity index (χ1) is 15.3. The van der Waals surface area contributed by atoms with Crippen LogP contribution in [0.3, 0.4) is 0 Å². The zero-order chi connectivity index (χ0) is 23.3. The van der Waals surface area contributed by atoms with Crippen molar-refractivity contribution in [2.45, 2.75) is 27.2 Å². The van der Waals surface area contributed by atoms with Gasteiger partial charge < -0.3 is 19.8 Å². The van der Waals surface area contributed by atoms with Crippen molar-refractivity contribution >= 4 is 45.1 Å². The number of H-pyrrole nitrogens is 1. The zero-order valence-electron chi connectivity index (χ0n) is 18.0. The minimum absolute atomic E-state index is 0.0692. The van der Waals surface area contributed by atoms with E-state index in [1.807, 2.05) is 19.2 Å². The van der Waals surface area contributed by atoms with Crippen molar-refractivity contribution in [3.05, 3.63) is 62.8 Å². The third-order valence-corrected chi connectivity index (χ3v) is 5.48. The lowest BCUT2D eigenvalue weighted by atomic mass is 10.0. The van der Waals surface area contributed by atoms with Crippen molar-refractivity contribution in [3.8, 4) is 0 Å². The highest BCUT2D eigenvalue weighted by Gasteiger charge is 2.23. The Bertz CT molecular complexity index is 1210. The van der Waals surface area contributed by atoms with Crippen LogP contribution in [0.25, 0.3) is 10.9 Å². The normalized spacial score (nSPS) is 10.9. The van der Waals surface area contributed by atoms with E-state index >= 15 is 0 Å². The molecule has 3 aromatic rings. The number of carbonyl (C=O) groups excluding carboxylic acids is 3. The minimum Gasteiger partial charge on any atom is -0.462 e. The molecule has 0 aliphatic rings. The van der Waals surface area contributed by atoms with E-state index in [0.29, 0.717) is 33.8 Å². The molecular weight excluding hydrogens is 432 g/mol. The number of para-hydroxylation sites is 1. The van der Waals surface area contributed by atoms with Crippen molar-refractivity contribution in [1.29, 1.82) is 0 Å². The van der Waals surface area contributed by atoms with Crippen LogP contribution < -0.4 is 10.9 Å². The number of fused-ring (bicyclic) bond motifs is 1. The predicted octanol–water partition coefficient (Wildman–Crippen LogP) is 3.76. The van der Waals surface area contributed by atoms with Crippen LogP contribution in [0, 0.1) is 5.92 Å². The Morgan fingerprint density at radius 3 is 2.59 bits per heavy atom. The van der Waals surface area contributed by atoms with Gasteiger partial charge >= 0.3 is 11.9 Å². The molecule has 0 fully saturated rings. The highest BCUT2D eigenvalue weighted by Crippen LogP contribution is 2.31. The molecular formula is C23H24N2O6S. The maximum atomic E-state index is 12.5. The van der Waals surface area contributed by atoms with Crippen LogP contribution >= 0.6 is 11.3 Å². The molecule has 168 valence electrons. The van der Waals surface area contributed by atoms with Crippen LogP contribution in [0.4, 0.5) is 5.00 Å². The number of thiophene rings is 1. The quantitative estimate of drug-likeness (QED) is 0.499. The molecule has 1 aromatic carbocycles. The molecule has 0 radical (unpaired) electrons. The van der Waals surface area contributed by atoms with E-state index in [1.54, 1.807) is 31.2 Å². The summed E-state index contributed by atoms with van der Waals surface area (Å²) in [5, 5.41) is 5.31. The van der Waals surface area contributed by atoms with Gasteiger partial charge in [-0.25, -0.2) is 9.59 Å². The van der Waals surface area contributed by atoms with Gasteiger partial charge in [0.15, 0.2) is 6.61 Å². The summed E-state index contributed by atoms with van der Waals surface area (Å²) < 4.78 is 10.3. The number of aromatic amines is 1. The van der Waals surface area contributed by atoms with Crippen molar-refractivity contribution in [1.82, 2.24) is 4.98 Å². The number of hydrogen-bond donors (Lipinski definition) is 2. The average Bonchev–Trinajstić information content (AvgIpc) is 3.12. The number of hydrogen-bond acceptors (Lipinski definition) is 7. The van der Waals surface area contributed by atoms with Gasteiger partial charge in [0.05, 0.1) is 17.7 Å². The number of carbonyl (C=O) groups is 3. The monoisotopic (exact) mass is 456 g/mol. The highest BCUT2D eigenvalue weighted by molar-refractivity contribution is 7.15. The summed E-state index contributed by atoms with van der Waals surface area (Å²) in [6.07, 6.45) is 0.658. The van der Waals surface area contributed by atoms with E-state index in [1.165, 1.54) is 11.3 Å². The van der Waals surface area contributed by atoms with Crippen molar-refractivity contribution in [3.63, 3.8) is 0 Å². The Labute approximate surface area is 188 Å². The Kier molecular flexibility index (Phi) is 7.42. The first-order valence-electron chi connectivity index (χ1n) is 10.2. The Morgan fingerprint density at radius 2 is 1.88 bits per heavy atom. The summed E-state index contributed by atoms with van der Waals surface area (Å²) in [5.74, 6) is -1.59. The number of benzene rings is 1. The molecule has 9 heteroatoms. The molecule has 3 rings (SSSR count). The Balaban J connectivity index is 1.73. The SMILES string of the molecule is CCOC(=O)c1c(CC(C)C)csc1NC(=O)COC(=O)c1cc(=O)[nH]c2ccccc12. The summed E-state index contributed by atoms with van der Waals surface area (Å²) in [6.45, 7) is 5.42. The van der Waals surface area contributed by atoms with E-state index in [0.717, 1.165) is 11.6 Å². The van der Waals surface area contributed by atoms with Gasteiger partial charge in [0.2, 0.25) is 5.56 Å². The molecule has 32 heavy (non-hydrogen) atoms. The van der Waals surface area contributed by atoms with E-state index in [2.05, 4.69) is 10.3 Å². The molecule has 2 N–H and O–H groups in total. The lowest BCUT2D eigenvalue weighted by Gasteiger charge is -2.10. The molecule has 1 amide bonds. The second kappa shape index (κ2) is 10.2. The number of esters is 2. The van der Waals surface area contributed by atoms with Crippen molar-refractivity contribution in [2.75, 3.05) is 18.5 Å². The maximum absolute atomic E-state index is 12.5. The van der Waals surface area contributed by atoms with E-state index in [-0.39, 0.29) is 12.2 Å². The first-order valence-corrected chi connectivity index (χ1v) is 11.0. The van der Waals surface area contributed by atoms with Gasteiger partial charge in [-0.05, 0) is 36.3 Å². The second-order valence-electron chi connectivity index (χ2n) is 7.50. The predicted molar refractivity (Wildman–Crippen MR) is 122 cm³/mol. The van der Waals surface area contributed by atoms with Gasteiger partial charge in [0.25, 0.3) is 5.91 Å². The van der Waals surface area contributed by atoms with Gasteiger partial charge in [0, 0.05) is 17.0 Å². The summed E-state index contributed by atoms with van der Waals surface area (Å²) in [5.41, 5.74) is 1.23. The molecule has 0 saturated heterocycles. The number of pyridine rings is 1. The number of amides is 1. The smallest absolute Gasteiger partial charge is 0.341 e. The first kappa shape index (κ1) is 23.2. The van der Waals surface area contributed by atoms with Crippen LogP contribution in [0.5, 0.6) is 0 Å². The largest absolute Gasteiger partial charge is 0.462 e. The maximum Gasteiger partial charge on any atom is 0.341 e. The third-order valence-electron chi connectivity index (χ3n) is 4.53. The van der Waals surface area contributed by atoms with Crippen LogP contribution in [-0.2, 0) is 20.7 Å². The van der Waals surface area contributed by atoms with Crippen LogP contribution in [-0.4, -0.2) is 36.0 Å². The number of nitrogens with one attached hydrogen (secondary N) is 2. The fourth-order valence-electron chi connectivity index (χ4n) is 3.25.